The maximum absolute atomic E-state index is 11.5. The van der Waals surface area contributed by atoms with Crippen LogP contribution in [0.25, 0.3) is 11.3 Å². The zero-order valence-electron chi connectivity index (χ0n) is 11.6. The highest BCUT2D eigenvalue weighted by Gasteiger charge is 2.07. The molecule has 0 spiro atoms. The molecule has 0 bridgehead atoms. The first-order chi connectivity index (χ1) is 9.02. The Bertz CT molecular complexity index is 644. The minimum absolute atomic E-state index is 0.0852. The Morgan fingerprint density at radius 2 is 2.00 bits per heavy atom. The molecule has 4 nitrogen and oxygen atoms in total. The van der Waals surface area contributed by atoms with Crippen LogP contribution >= 0.6 is 0 Å². The average molecular weight is 257 g/mol. The Labute approximate surface area is 112 Å². The van der Waals surface area contributed by atoms with Gasteiger partial charge in [-0.25, -0.2) is 4.68 Å². The Morgan fingerprint density at radius 3 is 2.58 bits per heavy atom. The Balaban J connectivity index is 2.48. The molecule has 4 heteroatoms. The lowest BCUT2D eigenvalue weighted by molar-refractivity contribution is 0.619. The lowest BCUT2D eigenvalue weighted by Gasteiger charge is -2.11. The third-order valence-corrected chi connectivity index (χ3v) is 3.17. The minimum atomic E-state index is -0.0852. The third-order valence-electron chi connectivity index (χ3n) is 3.17. The summed E-state index contributed by atoms with van der Waals surface area (Å²) in [6.07, 6.45) is 0. The first-order valence-corrected chi connectivity index (χ1v) is 6.51. The summed E-state index contributed by atoms with van der Waals surface area (Å²) in [4.78, 5) is 11.5. The standard InChI is InChI=1S/C15H19N3O/c1-4-18-15(19)8-7-14(17-18)11-5-6-12(10(2)3)13(16)9-11/h5-10H,4,16H2,1-3H3. The molecule has 0 fully saturated rings. The van der Waals surface area contributed by atoms with E-state index in [0.717, 1.165) is 22.5 Å². The fraction of sp³-hybridized carbons (Fsp3) is 0.333. The number of aryl methyl sites for hydroxylation is 1. The molecule has 2 aromatic rings. The van der Waals surface area contributed by atoms with Crippen LogP contribution < -0.4 is 11.3 Å². The van der Waals surface area contributed by atoms with Gasteiger partial charge in [-0.1, -0.05) is 26.0 Å². The highest BCUT2D eigenvalue weighted by molar-refractivity contribution is 5.66. The quantitative estimate of drug-likeness (QED) is 0.860. The van der Waals surface area contributed by atoms with Gasteiger partial charge in [0.1, 0.15) is 0 Å². The molecule has 0 saturated heterocycles. The van der Waals surface area contributed by atoms with Gasteiger partial charge in [-0.2, -0.15) is 5.10 Å². The minimum Gasteiger partial charge on any atom is -0.398 e. The second kappa shape index (κ2) is 5.26. The summed E-state index contributed by atoms with van der Waals surface area (Å²) in [6.45, 7) is 6.68. The van der Waals surface area contributed by atoms with Gasteiger partial charge in [-0.05, 0) is 30.5 Å². The van der Waals surface area contributed by atoms with E-state index < -0.39 is 0 Å². The Morgan fingerprint density at radius 1 is 1.26 bits per heavy atom. The number of nitrogens with two attached hydrogens (primary N) is 1. The summed E-state index contributed by atoms with van der Waals surface area (Å²) >= 11 is 0. The molecule has 2 N–H and O–H groups in total. The maximum Gasteiger partial charge on any atom is 0.266 e. The smallest absolute Gasteiger partial charge is 0.266 e. The normalized spacial score (nSPS) is 10.9. The molecule has 0 aliphatic rings. The van der Waals surface area contributed by atoms with Crippen molar-refractivity contribution in [2.24, 2.45) is 0 Å². The molecule has 0 amide bonds. The van der Waals surface area contributed by atoms with Crippen LogP contribution in [-0.2, 0) is 6.54 Å². The van der Waals surface area contributed by atoms with Crippen LogP contribution in [0.1, 0.15) is 32.3 Å². The predicted octanol–water partition coefficient (Wildman–Crippen LogP) is 2.64. The van der Waals surface area contributed by atoms with Crippen LogP contribution in [0.5, 0.6) is 0 Å². The number of hydrogen-bond acceptors (Lipinski definition) is 3. The number of nitrogens with zero attached hydrogens (tertiary/aromatic N) is 2. The highest BCUT2D eigenvalue weighted by Crippen LogP contribution is 2.26. The summed E-state index contributed by atoms with van der Waals surface area (Å²) in [6, 6.07) is 9.22. The van der Waals surface area contributed by atoms with E-state index in [2.05, 4.69) is 18.9 Å². The van der Waals surface area contributed by atoms with Crippen LogP contribution in [0, 0.1) is 0 Å². The number of benzene rings is 1. The summed E-state index contributed by atoms with van der Waals surface area (Å²) in [7, 11) is 0. The predicted molar refractivity (Wildman–Crippen MR) is 78.1 cm³/mol. The summed E-state index contributed by atoms with van der Waals surface area (Å²) in [5.74, 6) is 0.395. The summed E-state index contributed by atoms with van der Waals surface area (Å²) in [5.41, 5.74) is 9.58. The number of aromatic nitrogens is 2. The zero-order valence-corrected chi connectivity index (χ0v) is 11.6. The van der Waals surface area contributed by atoms with Gasteiger partial charge in [0.2, 0.25) is 0 Å². The van der Waals surface area contributed by atoms with E-state index in [9.17, 15) is 4.79 Å². The van der Waals surface area contributed by atoms with Crippen LogP contribution in [0.4, 0.5) is 5.69 Å². The Hall–Kier alpha value is -2.10. The van der Waals surface area contributed by atoms with Crippen LogP contribution in [-0.4, -0.2) is 9.78 Å². The SMILES string of the molecule is CCn1nc(-c2ccc(C(C)C)c(N)c2)ccc1=O. The molecule has 0 saturated carbocycles. The fourth-order valence-electron chi connectivity index (χ4n) is 2.09. The van der Waals surface area contributed by atoms with E-state index in [-0.39, 0.29) is 5.56 Å². The monoisotopic (exact) mass is 257 g/mol. The first-order valence-electron chi connectivity index (χ1n) is 6.51. The van der Waals surface area contributed by atoms with Crippen LogP contribution in [0.3, 0.4) is 0 Å². The first kappa shape index (κ1) is 13.3. The fourth-order valence-corrected chi connectivity index (χ4v) is 2.09. The molecule has 1 aromatic carbocycles. The molecule has 100 valence electrons. The average Bonchev–Trinajstić information content (AvgIpc) is 2.38. The number of anilines is 1. The molecule has 0 unspecified atom stereocenters. The van der Waals surface area contributed by atoms with Crippen molar-refractivity contribution in [3.05, 3.63) is 46.2 Å². The lowest BCUT2D eigenvalue weighted by atomic mass is 9.98. The number of rotatable bonds is 3. The molecule has 19 heavy (non-hydrogen) atoms. The van der Waals surface area contributed by atoms with Gasteiger partial charge in [0, 0.05) is 23.9 Å². The zero-order chi connectivity index (χ0) is 14.0. The number of hydrogen-bond donors (Lipinski definition) is 1. The highest BCUT2D eigenvalue weighted by atomic mass is 16.1. The Kier molecular flexibility index (Phi) is 3.69. The van der Waals surface area contributed by atoms with Gasteiger partial charge in [0.15, 0.2) is 0 Å². The van der Waals surface area contributed by atoms with E-state index in [1.54, 1.807) is 12.1 Å². The molecule has 0 aliphatic carbocycles. The van der Waals surface area contributed by atoms with Gasteiger partial charge in [-0.3, -0.25) is 4.79 Å². The molecule has 1 aromatic heterocycles. The summed E-state index contributed by atoms with van der Waals surface area (Å²) in [5, 5.41) is 4.33. The molecule has 0 atom stereocenters. The van der Waals surface area contributed by atoms with Crippen molar-refractivity contribution < 1.29 is 0 Å². The van der Waals surface area contributed by atoms with E-state index in [0.29, 0.717) is 12.5 Å². The van der Waals surface area contributed by atoms with Crippen molar-refractivity contribution in [1.29, 1.82) is 0 Å². The molecular weight excluding hydrogens is 238 g/mol. The van der Waals surface area contributed by atoms with Crippen molar-refractivity contribution in [1.82, 2.24) is 9.78 Å². The topological polar surface area (TPSA) is 60.9 Å². The molecule has 0 radical (unpaired) electrons. The van der Waals surface area contributed by atoms with E-state index >= 15 is 0 Å². The van der Waals surface area contributed by atoms with Crippen LogP contribution in [0.15, 0.2) is 35.1 Å². The second-order valence-electron chi connectivity index (χ2n) is 4.87. The third kappa shape index (κ3) is 2.67. The molecule has 1 heterocycles. The maximum atomic E-state index is 11.5. The lowest BCUT2D eigenvalue weighted by Crippen LogP contribution is -2.21. The molecule has 2 rings (SSSR count). The summed E-state index contributed by atoms with van der Waals surface area (Å²) < 4.78 is 1.45. The van der Waals surface area contributed by atoms with Gasteiger partial charge in [0.25, 0.3) is 5.56 Å². The van der Waals surface area contributed by atoms with Crippen molar-refractivity contribution in [2.45, 2.75) is 33.2 Å². The van der Waals surface area contributed by atoms with Crippen molar-refractivity contribution in [3.8, 4) is 11.3 Å². The van der Waals surface area contributed by atoms with Crippen LogP contribution in [0.2, 0.25) is 0 Å². The number of nitrogen functional groups attached to an aromatic ring is 1. The van der Waals surface area contributed by atoms with Gasteiger partial charge < -0.3 is 5.73 Å². The van der Waals surface area contributed by atoms with Gasteiger partial charge >= 0.3 is 0 Å². The molecular formula is C15H19N3O. The van der Waals surface area contributed by atoms with Crippen molar-refractivity contribution >= 4 is 5.69 Å². The largest absolute Gasteiger partial charge is 0.398 e. The van der Waals surface area contributed by atoms with Gasteiger partial charge in [-0.15, -0.1) is 0 Å². The van der Waals surface area contributed by atoms with E-state index in [1.807, 2.05) is 25.1 Å². The second-order valence-corrected chi connectivity index (χ2v) is 4.87. The van der Waals surface area contributed by atoms with Gasteiger partial charge in [0.05, 0.1) is 5.69 Å². The van der Waals surface area contributed by atoms with Crippen molar-refractivity contribution in [3.63, 3.8) is 0 Å². The van der Waals surface area contributed by atoms with Crippen molar-refractivity contribution in [2.75, 3.05) is 5.73 Å². The van der Waals surface area contributed by atoms with E-state index in [4.69, 9.17) is 5.73 Å². The van der Waals surface area contributed by atoms with E-state index in [1.165, 1.54) is 4.68 Å². The molecule has 0 aliphatic heterocycles.